The third-order valence-corrected chi connectivity index (χ3v) is 5.05. The fraction of sp³-hybridized carbons (Fsp3) is 0.600. The Hall–Kier alpha value is -0.340. The zero-order valence-corrected chi connectivity index (χ0v) is 11.9. The standard InChI is InChI=1S/C15H20BrN/c1-10-6-12(7-10)17-13-8-11(9-13)14-4-2-3-5-15(14)16/h2-5,10-13,17H,6-9H2,1H3. The average Bonchev–Trinajstić information content (AvgIpc) is 2.21. The van der Waals surface area contributed by atoms with E-state index in [1.54, 1.807) is 0 Å². The van der Waals surface area contributed by atoms with E-state index in [1.165, 1.54) is 35.7 Å². The molecule has 2 fully saturated rings. The highest BCUT2D eigenvalue weighted by Crippen LogP contribution is 2.41. The van der Waals surface area contributed by atoms with Gasteiger partial charge in [0.1, 0.15) is 0 Å². The van der Waals surface area contributed by atoms with Gasteiger partial charge in [-0.1, -0.05) is 41.1 Å². The van der Waals surface area contributed by atoms with Crippen LogP contribution in [0.2, 0.25) is 0 Å². The van der Waals surface area contributed by atoms with Gasteiger partial charge in [0.15, 0.2) is 0 Å². The van der Waals surface area contributed by atoms with Gasteiger partial charge in [0.25, 0.3) is 0 Å². The van der Waals surface area contributed by atoms with Crippen LogP contribution >= 0.6 is 15.9 Å². The Bertz CT molecular complexity index is 392. The molecule has 0 saturated heterocycles. The average molecular weight is 294 g/mol. The van der Waals surface area contributed by atoms with E-state index in [9.17, 15) is 0 Å². The topological polar surface area (TPSA) is 12.0 Å². The summed E-state index contributed by atoms with van der Waals surface area (Å²) in [5.41, 5.74) is 1.49. The molecule has 0 bridgehead atoms. The van der Waals surface area contributed by atoms with Gasteiger partial charge in [0, 0.05) is 16.6 Å². The zero-order valence-electron chi connectivity index (χ0n) is 10.3. The Labute approximate surface area is 112 Å². The molecule has 1 aromatic rings. The highest BCUT2D eigenvalue weighted by Gasteiger charge is 2.35. The summed E-state index contributed by atoms with van der Waals surface area (Å²) in [6, 6.07) is 10.2. The molecule has 0 radical (unpaired) electrons. The van der Waals surface area contributed by atoms with E-state index in [1.807, 2.05) is 0 Å². The summed E-state index contributed by atoms with van der Waals surface area (Å²) in [5.74, 6) is 1.72. The van der Waals surface area contributed by atoms with Crippen LogP contribution in [0.5, 0.6) is 0 Å². The zero-order chi connectivity index (χ0) is 11.8. The minimum absolute atomic E-state index is 0.764. The molecule has 0 atom stereocenters. The summed E-state index contributed by atoms with van der Waals surface area (Å²) in [6.45, 7) is 2.35. The molecule has 0 aromatic heterocycles. The predicted molar refractivity (Wildman–Crippen MR) is 75.2 cm³/mol. The summed E-state index contributed by atoms with van der Waals surface area (Å²) in [6.07, 6.45) is 5.40. The molecular formula is C15H20BrN. The van der Waals surface area contributed by atoms with Gasteiger partial charge in [0.05, 0.1) is 0 Å². The summed E-state index contributed by atoms with van der Waals surface area (Å²) >= 11 is 3.65. The third-order valence-electron chi connectivity index (χ3n) is 4.33. The van der Waals surface area contributed by atoms with Crippen LogP contribution in [-0.2, 0) is 0 Å². The largest absolute Gasteiger partial charge is 0.311 e. The second-order valence-electron chi connectivity index (χ2n) is 5.83. The molecule has 2 saturated carbocycles. The van der Waals surface area contributed by atoms with Gasteiger partial charge in [0.2, 0.25) is 0 Å². The molecule has 0 unspecified atom stereocenters. The lowest BCUT2D eigenvalue weighted by Crippen LogP contribution is -2.50. The van der Waals surface area contributed by atoms with Crippen LogP contribution < -0.4 is 5.32 Å². The van der Waals surface area contributed by atoms with E-state index in [2.05, 4.69) is 52.4 Å². The fourth-order valence-electron chi connectivity index (χ4n) is 3.19. The quantitative estimate of drug-likeness (QED) is 0.885. The van der Waals surface area contributed by atoms with Gasteiger partial charge in [-0.2, -0.15) is 0 Å². The molecule has 0 amide bonds. The number of halogens is 1. The summed E-state index contributed by atoms with van der Waals surface area (Å²) < 4.78 is 1.28. The summed E-state index contributed by atoms with van der Waals surface area (Å²) in [5, 5.41) is 3.79. The molecule has 1 nitrogen and oxygen atoms in total. The van der Waals surface area contributed by atoms with E-state index < -0.39 is 0 Å². The Morgan fingerprint density at radius 1 is 1.06 bits per heavy atom. The first-order valence-corrected chi connectivity index (χ1v) is 7.52. The first-order chi connectivity index (χ1) is 8.22. The van der Waals surface area contributed by atoms with Crippen molar-refractivity contribution in [2.75, 3.05) is 0 Å². The van der Waals surface area contributed by atoms with E-state index in [0.29, 0.717) is 0 Å². The maximum Gasteiger partial charge on any atom is 0.0210 e. The van der Waals surface area contributed by atoms with E-state index in [-0.39, 0.29) is 0 Å². The van der Waals surface area contributed by atoms with Gasteiger partial charge in [-0.05, 0) is 49.1 Å². The highest BCUT2D eigenvalue weighted by molar-refractivity contribution is 9.10. The molecule has 17 heavy (non-hydrogen) atoms. The van der Waals surface area contributed by atoms with E-state index >= 15 is 0 Å². The van der Waals surface area contributed by atoms with Crippen molar-refractivity contribution in [2.24, 2.45) is 5.92 Å². The molecule has 0 heterocycles. The van der Waals surface area contributed by atoms with E-state index in [0.717, 1.165) is 23.9 Å². The Kier molecular flexibility index (Phi) is 3.27. The Morgan fingerprint density at radius 2 is 1.71 bits per heavy atom. The lowest BCUT2D eigenvalue weighted by molar-refractivity contribution is 0.177. The summed E-state index contributed by atoms with van der Waals surface area (Å²) in [4.78, 5) is 0. The van der Waals surface area contributed by atoms with Crippen LogP contribution in [0.15, 0.2) is 28.7 Å². The molecule has 0 spiro atoms. The number of hydrogen-bond donors (Lipinski definition) is 1. The lowest BCUT2D eigenvalue weighted by atomic mass is 9.74. The van der Waals surface area contributed by atoms with Crippen molar-refractivity contribution in [2.45, 2.75) is 50.6 Å². The van der Waals surface area contributed by atoms with Crippen molar-refractivity contribution >= 4 is 15.9 Å². The van der Waals surface area contributed by atoms with Crippen LogP contribution in [0.25, 0.3) is 0 Å². The van der Waals surface area contributed by atoms with Crippen LogP contribution in [0.1, 0.15) is 44.1 Å². The molecule has 2 aliphatic rings. The SMILES string of the molecule is CC1CC(NC2CC(c3ccccc3Br)C2)C1. The monoisotopic (exact) mass is 293 g/mol. The Balaban J connectivity index is 1.50. The van der Waals surface area contributed by atoms with Crippen molar-refractivity contribution in [3.05, 3.63) is 34.3 Å². The van der Waals surface area contributed by atoms with Crippen molar-refractivity contribution in [3.63, 3.8) is 0 Å². The lowest BCUT2D eigenvalue weighted by Gasteiger charge is -2.43. The highest BCUT2D eigenvalue weighted by atomic mass is 79.9. The second-order valence-corrected chi connectivity index (χ2v) is 6.68. The second kappa shape index (κ2) is 4.74. The van der Waals surface area contributed by atoms with Gasteiger partial charge < -0.3 is 5.32 Å². The molecule has 0 aliphatic heterocycles. The van der Waals surface area contributed by atoms with Crippen LogP contribution in [0, 0.1) is 5.92 Å². The summed E-state index contributed by atoms with van der Waals surface area (Å²) in [7, 11) is 0. The van der Waals surface area contributed by atoms with Crippen molar-refractivity contribution in [1.29, 1.82) is 0 Å². The van der Waals surface area contributed by atoms with Crippen LogP contribution in [-0.4, -0.2) is 12.1 Å². The number of benzene rings is 1. The molecule has 92 valence electrons. The van der Waals surface area contributed by atoms with Gasteiger partial charge in [-0.15, -0.1) is 0 Å². The maximum atomic E-state index is 3.79. The number of hydrogen-bond acceptors (Lipinski definition) is 1. The normalized spacial score (nSPS) is 36.1. The molecule has 1 aromatic carbocycles. The third kappa shape index (κ3) is 2.43. The van der Waals surface area contributed by atoms with Gasteiger partial charge in [-0.25, -0.2) is 0 Å². The minimum atomic E-state index is 0.764. The van der Waals surface area contributed by atoms with Crippen LogP contribution in [0.3, 0.4) is 0 Å². The molecule has 2 heteroatoms. The number of rotatable bonds is 3. The van der Waals surface area contributed by atoms with Crippen LogP contribution in [0.4, 0.5) is 0 Å². The fourth-order valence-corrected chi connectivity index (χ4v) is 3.79. The smallest absolute Gasteiger partial charge is 0.0210 e. The van der Waals surface area contributed by atoms with Gasteiger partial charge >= 0.3 is 0 Å². The maximum absolute atomic E-state index is 3.79. The Morgan fingerprint density at radius 3 is 2.35 bits per heavy atom. The first-order valence-electron chi connectivity index (χ1n) is 6.73. The molecule has 3 rings (SSSR count). The van der Waals surface area contributed by atoms with Gasteiger partial charge in [-0.3, -0.25) is 0 Å². The number of nitrogens with one attached hydrogen (secondary N) is 1. The predicted octanol–water partition coefficient (Wildman–Crippen LogP) is 4.08. The van der Waals surface area contributed by atoms with Crippen molar-refractivity contribution in [3.8, 4) is 0 Å². The minimum Gasteiger partial charge on any atom is -0.311 e. The molecular weight excluding hydrogens is 274 g/mol. The van der Waals surface area contributed by atoms with Crippen molar-refractivity contribution in [1.82, 2.24) is 5.32 Å². The molecule has 2 aliphatic carbocycles. The van der Waals surface area contributed by atoms with E-state index in [4.69, 9.17) is 0 Å². The van der Waals surface area contributed by atoms with Crippen molar-refractivity contribution < 1.29 is 0 Å². The molecule has 1 N–H and O–H groups in total. The first kappa shape index (κ1) is 11.7.